The summed E-state index contributed by atoms with van der Waals surface area (Å²) in [6.45, 7) is 1.09. The second-order valence-electron chi connectivity index (χ2n) is 11.1. The van der Waals surface area contributed by atoms with E-state index in [1.165, 1.54) is 38.5 Å². The van der Waals surface area contributed by atoms with Crippen molar-refractivity contribution >= 4 is 22.8 Å². The van der Waals surface area contributed by atoms with Gasteiger partial charge in [0.25, 0.3) is 0 Å². The first-order valence-corrected chi connectivity index (χ1v) is 13.7. The number of imidazole rings is 1. The van der Waals surface area contributed by atoms with Gasteiger partial charge in [0.15, 0.2) is 0 Å². The standard InChI is InChI=1S/C28H38N4O2/c33-26-17-20(18-30(26)21-15-16-21)28-29-24-13-7-8-14-25(24)31(28)19-27(34)32(22-9-3-1-4-10-22)23-11-5-2-6-12-23/h7-8,13-14,20-23H,1-6,9-12,15-19H2. The molecular formula is C28H38N4O2. The predicted molar refractivity (Wildman–Crippen MR) is 132 cm³/mol. The van der Waals surface area contributed by atoms with Gasteiger partial charge >= 0.3 is 0 Å². The van der Waals surface area contributed by atoms with Crippen LogP contribution in [0.15, 0.2) is 24.3 Å². The Morgan fingerprint density at radius 1 is 0.912 bits per heavy atom. The molecule has 2 heterocycles. The number of hydrogen-bond donors (Lipinski definition) is 0. The fourth-order valence-electron chi connectivity index (χ4n) is 6.86. The summed E-state index contributed by atoms with van der Waals surface area (Å²) in [5, 5.41) is 0. The lowest BCUT2D eigenvalue weighted by atomic mass is 9.88. The fourth-order valence-corrected chi connectivity index (χ4v) is 6.86. The lowest BCUT2D eigenvalue weighted by Gasteiger charge is -2.42. The SMILES string of the molecule is O=C1CC(c2nc3ccccc3n2CC(=O)N(C2CCCCC2)C2CCCCC2)CN1C1CC1. The van der Waals surface area contributed by atoms with Crippen molar-refractivity contribution in [3.63, 3.8) is 0 Å². The number of carbonyl (C=O) groups excluding carboxylic acids is 2. The first kappa shape index (κ1) is 22.1. The largest absolute Gasteiger partial charge is 0.339 e. The van der Waals surface area contributed by atoms with Crippen LogP contribution in [0.25, 0.3) is 11.0 Å². The molecule has 2 aromatic rings. The molecule has 6 rings (SSSR count). The topological polar surface area (TPSA) is 58.4 Å². The van der Waals surface area contributed by atoms with Crippen LogP contribution in [0.3, 0.4) is 0 Å². The van der Waals surface area contributed by atoms with Crippen molar-refractivity contribution in [3.05, 3.63) is 30.1 Å². The number of nitrogens with zero attached hydrogens (tertiary/aromatic N) is 4. The highest BCUT2D eigenvalue weighted by atomic mass is 16.2. The van der Waals surface area contributed by atoms with Crippen molar-refractivity contribution in [1.29, 1.82) is 0 Å². The number of fused-ring (bicyclic) bond motifs is 1. The molecule has 1 atom stereocenters. The van der Waals surface area contributed by atoms with Crippen LogP contribution in [0.5, 0.6) is 0 Å². The second-order valence-corrected chi connectivity index (χ2v) is 11.1. The van der Waals surface area contributed by atoms with Gasteiger partial charge in [-0.1, -0.05) is 50.7 Å². The van der Waals surface area contributed by atoms with Crippen LogP contribution in [0, 0.1) is 0 Å². The highest BCUT2D eigenvalue weighted by Crippen LogP contribution is 2.37. The van der Waals surface area contributed by atoms with Gasteiger partial charge in [0, 0.05) is 37.0 Å². The Hall–Kier alpha value is -2.37. The molecule has 1 saturated heterocycles. The molecule has 6 nitrogen and oxygen atoms in total. The number of para-hydroxylation sites is 2. The zero-order valence-electron chi connectivity index (χ0n) is 20.3. The van der Waals surface area contributed by atoms with Crippen molar-refractivity contribution in [1.82, 2.24) is 19.4 Å². The second kappa shape index (κ2) is 9.35. The zero-order chi connectivity index (χ0) is 23.1. The Bertz CT molecular complexity index is 1030. The third kappa shape index (κ3) is 4.25. The molecule has 182 valence electrons. The van der Waals surface area contributed by atoms with Crippen LogP contribution in [-0.4, -0.2) is 55.8 Å². The summed E-state index contributed by atoms with van der Waals surface area (Å²) in [6, 6.07) is 9.38. The van der Waals surface area contributed by atoms with E-state index in [-0.39, 0.29) is 17.7 Å². The summed E-state index contributed by atoms with van der Waals surface area (Å²) in [7, 11) is 0. The van der Waals surface area contributed by atoms with E-state index in [2.05, 4.69) is 20.4 Å². The van der Waals surface area contributed by atoms with Gasteiger partial charge in [-0.25, -0.2) is 4.98 Å². The lowest BCUT2D eigenvalue weighted by molar-refractivity contribution is -0.138. The van der Waals surface area contributed by atoms with Crippen LogP contribution >= 0.6 is 0 Å². The number of rotatable bonds is 6. The molecule has 1 aliphatic heterocycles. The van der Waals surface area contributed by atoms with Crippen molar-refractivity contribution in [2.24, 2.45) is 0 Å². The summed E-state index contributed by atoms with van der Waals surface area (Å²) < 4.78 is 2.16. The van der Waals surface area contributed by atoms with Crippen molar-refractivity contribution < 1.29 is 9.59 Å². The number of likely N-dealkylation sites (tertiary alicyclic amines) is 1. The molecule has 34 heavy (non-hydrogen) atoms. The Labute approximate surface area is 202 Å². The summed E-state index contributed by atoms with van der Waals surface area (Å²) in [4.78, 5) is 36.2. The van der Waals surface area contributed by atoms with Crippen LogP contribution in [0.1, 0.15) is 95.2 Å². The number of amides is 2. The van der Waals surface area contributed by atoms with Crippen molar-refractivity contribution in [2.45, 2.75) is 114 Å². The normalized spacial score (nSPS) is 24.8. The van der Waals surface area contributed by atoms with Crippen LogP contribution in [0.2, 0.25) is 0 Å². The average molecular weight is 463 g/mol. The van der Waals surface area contributed by atoms with Crippen LogP contribution in [0.4, 0.5) is 0 Å². The molecular weight excluding hydrogens is 424 g/mol. The number of benzene rings is 1. The van der Waals surface area contributed by atoms with E-state index in [0.29, 0.717) is 31.1 Å². The van der Waals surface area contributed by atoms with E-state index in [0.717, 1.165) is 61.9 Å². The van der Waals surface area contributed by atoms with Gasteiger partial charge in [-0.15, -0.1) is 0 Å². The van der Waals surface area contributed by atoms with E-state index in [9.17, 15) is 9.59 Å². The average Bonchev–Trinajstić information content (AvgIpc) is 3.55. The van der Waals surface area contributed by atoms with E-state index >= 15 is 0 Å². The van der Waals surface area contributed by atoms with Crippen molar-refractivity contribution in [2.75, 3.05) is 6.54 Å². The third-order valence-corrected chi connectivity index (χ3v) is 8.71. The van der Waals surface area contributed by atoms with E-state index in [1.54, 1.807) is 0 Å². The first-order valence-electron chi connectivity index (χ1n) is 13.7. The quantitative estimate of drug-likeness (QED) is 0.606. The molecule has 4 aliphatic rings. The molecule has 1 unspecified atom stereocenters. The predicted octanol–water partition coefficient (Wildman–Crippen LogP) is 5.01. The Morgan fingerprint density at radius 3 is 2.21 bits per heavy atom. The van der Waals surface area contributed by atoms with Crippen LogP contribution < -0.4 is 0 Å². The summed E-state index contributed by atoms with van der Waals surface area (Å²) in [6.07, 6.45) is 14.9. The highest BCUT2D eigenvalue weighted by molar-refractivity contribution is 5.83. The van der Waals surface area contributed by atoms with Gasteiger partial charge in [-0.05, 0) is 50.7 Å². The smallest absolute Gasteiger partial charge is 0.243 e. The minimum atomic E-state index is 0.0751. The molecule has 1 aromatic heterocycles. The lowest BCUT2D eigenvalue weighted by Crippen LogP contribution is -2.50. The van der Waals surface area contributed by atoms with E-state index in [4.69, 9.17) is 4.98 Å². The fraction of sp³-hybridized carbons (Fsp3) is 0.679. The van der Waals surface area contributed by atoms with Crippen LogP contribution in [-0.2, 0) is 16.1 Å². The Balaban J connectivity index is 1.31. The first-order chi connectivity index (χ1) is 16.7. The number of carbonyl (C=O) groups is 2. The minimum absolute atomic E-state index is 0.0751. The van der Waals surface area contributed by atoms with Crippen molar-refractivity contribution in [3.8, 4) is 0 Å². The summed E-state index contributed by atoms with van der Waals surface area (Å²) in [5.74, 6) is 1.51. The highest BCUT2D eigenvalue weighted by Gasteiger charge is 2.42. The maximum Gasteiger partial charge on any atom is 0.243 e. The van der Waals surface area contributed by atoms with Gasteiger partial charge in [0.2, 0.25) is 11.8 Å². The number of hydrogen-bond acceptors (Lipinski definition) is 3. The molecule has 3 aliphatic carbocycles. The van der Waals surface area contributed by atoms with Gasteiger partial charge in [0.1, 0.15) is 12.4 Å². The maximum atomic E-state index is 14.1. The molecule has 0 spiro atoms. The third-order valence-electron chi connectivity index (χ3n) is 8.71. The number of aromatic nitrogens is 2. The molecule has 0 radical (unpaired) electrons. The molecule has 0 N–H and O–H groups in total. The Morgan fingerprint density at radius 2 is 1.56 bits per heavy atom. The Kier molecular flexibility index (Phi) is 6.08. The van der Waals surface area contributed by atoms with Gasteiger partial charge in [-0.3, -0.25) is 9.59 Å². The van der Waals surface area contributed by atoms with Gasteiger partial charge in [0.05, 0.1) is 11.0 Å². The molecule has 2 amide bonds. The van der Waals surface area contributed by atoms with Gasteiger partial charge in [-0.2, -0.15) is 0 Å². The molecule has 4 fully saturated rings. The minimum Gasteiger partial charge on any atom is -0.339 e. The molecule has 0 bridgehead atoms. The molecule has 6 heteroatoms. The summed E-state index contributed by atoms with van der Waals surface area (Å²) >= 11 is 0. The summed E-state index contributed by atoms with van der Waals surface area (Å²) in [5.41, 5.74) is 1.96. The zero-order valence-corrected chi connectivity index (χ0v) is 20.3. The van der Waals surface area contributed by atoms with E-state index < -0.39 is 0 Å². The van der Waals surface area contributed by atoms with E-state index in [1.807, 2.05) is 18.2 Å². The molecule has 3 saturated carbocycles. The monoisotopic (exact) mass is 462 g/mol. The van der Waals surface area contributed by atoms with Gasteiger partial charge < -0.3 is 14.4 Å². The molecule has 1 aromatic carbocycles. The maximum absolute atomic E-state index is 14.1.